The van der Waals surface area contributed by atoms with E-state index in [1.807, 2.05) is 50.2 Å². The molecule has 1 aromatic carbocycles. The Bertz CT molecular complexity index is 333. The summed E-state index contributed by atoms with van der Waals surface area (Å²) in [6.45, 7) is 3.49. The highest BCUT2D eigenvalue weighted by Crippen LogP contribution is 2.07. The number of hydrogen-bond donors (Lipinski definition) is 2. The van der Waals surface area contributed by atoms with E-state index >= 15 is 0 Å². The third kappa shape index (κ3) is 4.79. The van der Waals surface area contributed by atoms with Crippen LogP contribution in [0, 0.1) is 6.92 Å². The summed E-state index contributed by atoms with van der Waals surface area (Å²) >= 11 is 0. The Kier molecular flexibility index (Phi) is 4.79. The van der Waals surface area contributed by atoms with E-state index in [1.54, 1.807) is 0 Å². The molecule has 0 aromatic heterocycles. The minimum Gasteiger partial charge on any atom is -0.337 e. The molecule has 1 rings (SSSR count). The van der Waals surface area contributed by atoms with Crippen LogP contribution in [0.25, 0.3) is 0 Å². The molecule has 88 valence electrons. The van der Waals surface area contributed by atoms with E-state index in [2.05, 4.69) is 10.6 Å². The molecule has 0 saturated carbocycles. The Labute approximate surface area is 96.6 Å². The molecule has 0 radical (unpaired) electrons. The van der Waals surface area contributed by atoms with Gasteiger partial charge in [0.1, 0.15) is 0 Å². The van der Waals surface area contributed by atoms with E-state index in [-0.39, 0.29) is 6.03 Å². The predicted molar refractivity (Wildman–Crippen MR) is 66.8 cm³/mol. The first kappa shape index (κ1) is 12.5. The second-order valence-corrected chi connectivity index (χ2v) is 4.05. The molecule has 4 heteroatoms. The number of nitrogens with one attached hydrogen (secondary N) is 2. The summed E-state index contributed by atoms with van der Waals surface area (Å²) in [6, 6.07) is 7.55. The van der Waals surface area contributed by atoms with Gasteiger partial charge in [-0.15, -0.1) is 0 Å². The maximum absolute atomic E-state index is 11.4. The van der Waals surface area contributed by atoms with Crippen molar-refractivity contribution >= 4 is 11.7 Å². The van der Waals surface area contributed by atoms with Gasteiger partial charge in [0.25, 0.3) is 0 Å². The molecule has 1 aromatic rings. The fourth-order valence-electron chi connectivity index (χ4n) is 1.21. The van der Waals surface area contributed by atoms with E-state index in [9.17, 15) is 4.79 Å². The second-order valence-electron chi connectivity index (χ2n) is 4.05. The van der Waals surface area contributed by atoms with Crippen molar-refractivity contribution in [3.63, 3.8) is 0 Å². The van der Waals surface area contributed by atoms with Crippen molar-refractivity contribution in [3.05, 3.63) is 29.8 Å². The van der Waals surface area contributed by atoms with Crippen LogP contribution in [0.5, 0.6) is 0 Å². The lowest BCUT2D eigenvalue weighted by atomic mass is 10.2. The molecule has 0 fully saturated rings. The van der Waals surface area contributed by atoms with Crippen molar-refractivity contribution < 1.29 is 4.79 Å². The number of carbonyl (C=O) groups excluding carboxylic acids is 1. The Hall–Kier alpha value is -1.55. The number of hydrogen-bond acceptors (Lipinski definition) is 2. The smallest absolute Gasteiger partial charge is 0.319 e. The van der Waals surface area contributed by atoms with Crippen molar-refractivity contribution in [1.29, 1.82) is 0 Å². The molecule has 0 spiro atoms. The zero-order chi connectivity index (χ0) is 12.0. The van der Waals surface area contributed by atoms with Gasteiger partial charge in [-0.2, -0.15) is 0 Å². The fraction of sp³-hybridized carbons (Fsp3) is 0.417. The molecule has 0 aliphatic heterocycles. The largest absolute Gasteiger partial charge is 0.337 e. The molecule has 4 nitrogen and oxygen atoms in total. The number of anilines is 1. The number of rotatable bonds is 4. The van der Waals surface area contributed by atoms with E-state index in [0.717, 1.165) is 12.2 Å². The summed E-state index contributed by atoms with van der Waals surface area (Å²) in [5.74, 6) is 0. The Morgan fingerprint density at radius 1 is 1.25 bits per heavy atom. The molecule has 2 N–H and O–H groups in total. The minimum atomic E-state index is -0.161. The lowest BCUT2D eigenvalue weighted by Crippen LogP contribution is -2.34. The normalized spacial score (nSPS) is 10.2. The van der Waals surface area contributed by atoms with Crippen LogP contribution in [0.2, 0.25) is 0 Å². The van der Waals surface area contributed by atoms with Crippen LogP contribution in [0.15, 0.2) is 24.3 Å². The van der Waals surface area contributed by atoms with Crippen molar-refractivity contribution in [2.24, 2.45) is 0 Å². The average Bonchev–Trinajstić information content (AvgIpc) is 2.21. The van der Waals surface area contributed by atoms with Gasteiger partial charge in [-0.1, -0.05) is 17.7 Å². The number of benzene rings is 1. The van der Waals surface area contributed by atoms with Crippen LogP contribution < -0.4 is 10.6 Å². The highest BCUT2D eigenvalue weighted by atomic mass is 16.2. The molecule has 0 atom stereocenters. The first-order valence-electron chi connectivity index (χ1n) is 5.34. The van der Waals surface area contributed by atoms with Crippen LogP contribution >= 0.6 is 0 Å². The van der Waals surface area contributed by atoms with Gasteiger partial charge in [0, 0.05) is 18.8 Å². The van der Waals surface area contributed by atoms with Gasteiger partial charge in [0.05, 0.1) is 0 Å². The summed E-state index contributed by atoms with van der Waals surface area (Å²) in [7, 11) is 3.94. The van der Waals surface area contributed by atoms with Crippen molar-refractivity contribution in [2.75, 3.05) is 32.5 Å². The van der Waals surface area contributed by atoms with Gasteiger partial charge in [0.15, 0.2) is 0 Å². The molecule has 0 saturated heterocycles. The highest BCUT2D eigenvalue weighted by molar-refractivity contribution is 5.89. The summed E-state index contributed by atoms with van der Waals surface area (Å²) in [5.41, 5.74) is 1.99. The summed E-state index contributed by atoms with van der Waals surface area (Å²) in [6.07, 6.45) is 0. The van der Waals surface area contributed by atoms with Crippen LogP contribution in [0.1, 0.15) is 5.56 Å². The van der Waals surface area contributed by atoms with E-state index < -0.39 is 0 Å². The van der Waals surface area contributed by atoms with Crippen molar-refractivity contribution in [3.8, 4) is 0 Å². The first-order valence-corrected chi connectivity index (χ1v) is 5.34. The number of nitrogens with zero attached hydrogens (tertiary/aromatic N) is 1. The first-order chi connectivity index (χ1) is 7.58. The van der Waals surface area contributed by atoms with Gasteiger partial charge < -0.3 is 15.5 Å². The number of urea groups is 1. The van der Waals surface area contributed by atoms with Gasteiger partial charge in [-0.05, 0) is 33.2 Å². The number of carbonyl (C=O) groups is 1. The van der Waals surface area contributed by atoms with Crippen LogP contribution in [-0.4, -0.2) is 38.1 Å². The highest BCUT2D eigenvalue weighted by Gasteiger charge is 2.00. The molecule has 0 unspecified atom stereocenters. The molecule has 0 bridgehead atoms. The molecule has 0 aliphatic rings. The van der Waals surface area contributed by atoms with Gasteiger partial charge in [0.2, 0.25) is 0 Å². The number of aryl methyl sites for hydroxylation is 1. The average molecular weight is 221 g/mol. The van der Waals surface area contributed by atoms with Crippen LogP contribution in [0.4, 0.5) is 10.5 Å². The van der Waals surface area contributed by atoms with Gasteiger partial charge >= 0.3 is 6.03 Å². The second kappa shape index (κ2) is 6.12. The van der Waals surface area contributed by atoms with Crippen molar-refractivity contribution in [2.45, 2.75) is 6.92 Å². The third-order valence-electron chi connectivity index (χ3n) is 2.15. The van der Waals surface area contributed by atoms with E-state index in [1.165, 1.54) is 5.56 Å². The maximum Gasteiger partial charge on any atom is 0.319 e. The Morgan fingerprint density at radius 3 is 2.44 bits per heavy atom. The third-order valence-corrected chi connectivity index (χ3v) is 2.15. The fourth-order valence-corrected chi connectivity index (χ4v) is 1.21. The summed E-state index contributed by atoms with van der Waals surface area (Å²) in [5, 5.41) is 5.56. The van der Waals surface area contributed by atoms with E-state index in [4.69, 9.17) is 0 Å². The SMILES string of the molecule is Cc1ccc(NC(=O)NCCN(C)C)cc1. The zero-order valence-electron chi connectivity index (χ0n) is 10.1. The van der Waals surface area contributed by atoms with E-state index in [0.29, 0.717) is 6.54 Å². The molecule has 2 amide bonds. The van der Waals surface area contributed by atoms with Crippen LogP contribution in [-0.2, 0) is 0 Å². The Morgan fingerprint density at radius 2 is 1.88 bits per heavy atom. The lowest BCUT2D eigenvalue weighted by molar-refractivity contribution is 0.250. The topological polar surface area (TPSA) is 44.4 Å². The van der Waals surface area contributed by atoms with Crippen LogP contribution in [0.3, 0.4) is 0 Å². The molecule has 0 aliphatic carbocycles. The lowest BCUT2D eigenvalue weighted by Gasteiger charge is -2.11. The number of likely N-dealkylation sites (N-methyl/N-ethyl adjacent to an activating group) is 1. The van der Waals surface area contributed by atoms with Crippen molar-refractivity contribution in [1.82, 2.24) is 10.2 Å². The molecule has 0 heterocycles. The zero-order valence-corrected chi connectivity index (χ0v) is 10.1. The minimum absolute atomic E-state index is 0.161. The standard InChI is InChI=1S/C12H19N3O/c1-10-4-6-11(7-5-10)14-12(16)13-8-9-15(2)3/h4-7H,8-9H2,1-3H3,(H2,13,14,16). The van der Waals surface area contributed by atoms with Gasteiger partial charge in [-0.25, -0.2) is 4.79 Å². The molecular formula is C12H19N3O. The number of amides is 2. The molecule has 16 heavy (non-hydrogen) atoms. The quantitative estimate of drug-likeness (QED) is 0.812. The summed E-state index contributed by atoms with van der Waals surface area (Å²) in [4.78, 5) is 13.5. The maximum atomic E-state index is 11.4. The van der Waals surface area contributed by atoms with Gasteiger partial charge in [-0.3, -0.25) is 0 Å². The summed E-state index contributed by atoms with van der Waals surface area (Å²) < 4.78 is 0. The monoisotopic (exact) mass is 221 g/mol. The molecular weight excluding hydrogens is 202 g/mol. The Balaban J connectivity index is 2.31. The predicted octanol–water partition coefficient (Wildman–Crippen LogP) is 1.68.